The van der Waals surface area contributed by atoms with Gasteiger partial charge in [0.2, 0.25) is 0 Å². The fourth-order valence-electron chi connectivity index (χ4n) is 8.88. The maximum absolute atomic E-state index is 12.9. The van der Waals surface area contributed by atoms with Crippen LogP contribution in [0.5, 0.6) is 0 Å². The molecular formula is C71H120O6. The first-order valence-electron chi connectivity index (χ1n) is 32.4. The molecule has 0 aromatic rings. The molecular weight excluding hydrogens is 949 g/mol. The molecule has 0 N–H and O–H groups in total. The smallest absolute Gasteiger partial charge is 0.306 e. The molecule has 0 aliphatic rings. The highest BCUT2D eigenvalue weighted by atomic mass is 16.6. The predicted octanol–water partition coefficient (Wildman–Crippen LogP) is 22.2. The standard InChI is InChI=1S/C71H120O6/c1-4-7-10-13-16-19-22-25-28-30-31-32-33-34-35-36-37-38-39-40-41-42-44-46-49-52-55-58-61-64-70(73)76-67-68(66-75-69(72)63-60-57-54-51-48-45-27-24-21-18-15-12-9-6-3)77-71(74)65-62-59-56-53-50-47-43-29-26-23-20-17-14-11-8-5-2/h7,10,16,19,24-25,27-29,31-32,34-35,37-38,40-41,43,68H,4-6,8-9,11-15,17-18,20-23,26,30,33,36,39,42,44-67H2,1-3H3/b10-7-,19-16-,27-24-,28-25-,32-31-,35-34-,38-37-,41-40-,43-29-. The average molecular weight is 1070 g/mol. The zero-order valence-electron chi connectivity index (χ0n) is 50.4. The lowest BCUT2D eigenvalue weighted by molar-refractivity contribution is -0.167. The molecule has 6 nitrogen and oxygen atoms in total. The summed E-state index contributed by atoms with van der Waals surface area (Å²) >= 11 is 0. The number of unbranched alkanes of at least 4 members (excludes halogenated alkanes) is 29. The Morgan fingerprint density at radius 3 is 0.805 bits per heavy atom. The SMILES string of the molecule is CC/C=C\C/C=C\C/C=C\C/C=C\C/C=C\C/C=C\C/C=C\CCCCCCCCCC(=O)OCC(COC(=O)CCCCCCC/C=C\CCCCCCC)OC(=O)CCCCCCC/C=C\CCCCCCCCC. The molecule has 0 radical (unpaired) electrons. The number of allylic oxidation sites excluding steroid dienone is 18. The van der Waals surface area contributed by atoms with Crippen molar-refractivity contribution in [2.75, 3.05) is 13.2 Å². The molecule has 0 saturated heterocycles. The molecule has 0 rings (SSSR count). The number of carbonyl (C=O) groups excluding carboxylic acids is 3. The highest BCUT2D eigenvalue weighted by molar-refractivity contribution is 5.71. The summed E-state index contributed by atoms with van der Waals surface area (Å²) in [5, 5.41) is 0. The predicted molar refractivity (Wildman–Crippen MR) is 334 cm³/mol. The van der Waals surface area contributed by atoms with Gasteiger partial charge in [0.1, 0.15) is 13.2 Å². The Kier molecular flexibility index (Phi) is 61.3. The van der Waals surface area contributed by atoms with Crippen LogP contribution < -0.4 is 0 Å². The molecule has 0 bridgehead atoms. The fraction of sp³-hybridized carbons (Fsp3) is 0.704. The minimum absolute atomic E-state index is 0.0888. The van der Waals surface area contributed by atoms with E-state index in [2.05, 4.69) is 130 Å². The molecule has 0 aromatic heterocycles. The quantitative estimate of drug-likeness (QED) is 0.0261. The summed E-state index contributed by atoms with van der Waals surface area (Å²) in [4.78, 5) is 38.3. The Labute approximate surface area is 476 Å². The van der Waals surface area contributed by atoms with Gasteiger partial charge in [-0.2, -0.15) is 0 Å². The highest BCUT2D eigenvalue weighted by Crippen LogP contribution is 2.15. The van der Waals surface area contributed by atoms with Gasteiger partial charge in [-0.1, -0.05) is 265 Å². The van der Waals surface area contributed by atoms with E-state index >= 15 is 0 Å². The van der Waals surface area contributed by atoms with Gasteiger partial charge in [-0.25, -0.2) is 0 Å². The number of hydrogen-bond donors (Lipinski definition) is 0. The van der Waals surface area contributed by atoms with Gasteiger partial charge in [-0.15, -0.1) is 0 Å². The highest BCUT2D eigenvalue weighted by Gasteiger charge is 2.19. The number of ether oxygens (including phenoxy) is 3. The third-order valence-electron chi connectivity index (χ3n) is 13.7. The maximum atomic E-state index is 12.9. The topological polar surface area (TPSA) is 78.9 Å². The number of esters is 3. The lowest BCUT2D eigenvalue weighted by Crippen LogP contribution is -2.30. The average Bonchev–Trinajstić information content (AvgIpc) is 3.43. The number of hydrogen-bond acceptors (Lipinski definition) is 6. The van der Waals surface area contributed by atoms with Crippen molar-refractivity contribution in [2.24, 2.45) is 0 Å². The number of rotatable bonds is 58. The molecule has 0 aromatic carbocycles. The first-order valence-corrected chi connectivity index (χ1v) is 32.4. The third kappa shape index (κ3) is 62.8. The second kappa shape index (κ2) is 64.6. The van der Waals surface area contributed by atoms with Gasteiger partial charge < -0.3 is 14.2 Å². The monoisotopic (exact) mass is 1070 g/mol. The molecule has 0 aliphatic heterocycles. The van der Waals surface area contributed by atoms with E-state index in [1.807, 2.05) is 0 Å². The van der Waals surface area contributed by atoms with Crippen LogP contribution in [0, 0.1) is 0 Å². The van der Waals surface area contributed by atoms with Crippen molar-refractivity contribution < 1.29 is 28.6 Å². The van der Waals surface area contributed by atoms with Crippen LogP contribution in [0.4, 0.5) is 0 Å². The molecule has 0 aliphatic carbocycles. The normalized spacial score (nSPS) is 12.8. The van der Waals surface area contributed by atoms with Gasteiger partial charge in [0, 0.05) is 19.3 Å². The summed E-state index contributed by atoms with van der Waals surface area (Å²) in [6, 6.07) is 0. The van der Waals surface area contributed by atoms with Gasteiger partial charge in [0.05, 0.1) is 0 Å². The second-order valence-electron chi connectivity index (χ2n) is 21.3. The van der Waals surface area contributed by atoms with Crippen LogP contribution >= 0.6 is 0 Å². The van der Waals surface area contributed by atoms with E-state index in [1.54, 1.807) is 0 Å². The molecule has 0 heterocycles. The zero-order chi connectivity index (χ0) is 55.7. The Morgan fingerprint density at radius 1 is 0.273 bits per heavy atom. The van der Waals surface area contributed by atoms with Crippen molar-refractivity contribution >= 4 is 17.9 Å². The second-order valence-corrected chi connectivity index (χ2v) is 21.3. The first-order chi connectivity index (χ1) is 38.0. The molecule has 440 valence electrons. The summed E-state index contributed by atoms with van der Waals surface area (Å²) in [6.45, 7) is 6.51. The van der Waals surface area contributed by atoms with Gasteiger partial charge in [-0.05, 0) is 128 Å². The molecule has 0 spiro atoms. The van der Waals surface area contributed by atoms with Crippen LogP contribution in [0.3, 0.4) is 0 Å². The van der Waals surface area contributed by atoms with Gasteiger partial charge >= 0.3 is 17.9 Å². The van der Waals surface area contributed by atoms with Crippen molar-refractivity contribution in [3.63, 3.8) is 0 Å². The van der Waals surface area contributed by atoms with E-state index in [1.165, 1.54) is 135 Å². The summed E-state index contributed by atoms with van der Waals surface area (Å²) in [5.74, 6) is -0.909. The zero-order valence-corrected chi connectivity index (χ0v) is 50.4. The molecule has 0 amide bonds. The van der Waals surface area contributed by atoms with Crippen molar-refractivity contribution in [2.45, 2.75) is 309 Å². The van der Waals surface area contributed by atoms with Crippen LogP contribution in [-0.4, -0.2) is 37.2 Å². The first kappa shape index (κ1) is 73.1. The van der Waals surface area contributed by atoms with Crippen molar-refractivity contribution in [3.8, 4) is 0 Å². The Morgan fingerprint density at radius 2 is 0.506 bits per heavy atom. The van der Waals surface area contributed by atoms with Gasteiger partial charge in [0.25, 0.3) is 0 Å². The Balaban J connectivity index is 4.35. The molecule has 0 fully saturated rings. The van der Waals surface area contributed by atoms with Crippen LogP contribution in [0.1, 0.15) is 303 Å². The van der Waals surface area contributed by atoms with E-state index in [0.29, 0.717) is 19.3 Å². The maximum Gasteiger partial charge on any atom is 0.306 e. The van der Waals surface area contributed by atoms with Gasteiger partial charge in [-0.3, -0.25) is 14.4 Å². The summed E-state index contributed by atoms with van der Waals surface area (Å²) in [5.41, 5.74) is 0. The summed E-state index contributed by atoms with van der Waals surface area (Å²) in [6.07, 6.45) is 88.0. The largest absolute Gasteiger partial charge is 0.462 e. The van der Waals surface area contributed by atoms with E-state index < -0.39 is 6.10 Å². The van der Waals surface area contributed by atoms with Crippen LogP contribution in [0.25, 0.3) is 0 Å². The molecule has 77 heavy (non-hydrogen) atoms. The molecule has 1 atom stereocenters. The van der Waals surface area contributed by atoms with Crippen LogP contribution in [0.2, 0.25) is 0 Å². The summed E-state index contributed by atoms with van der Waals surface area (Å²) < 4.78 is 16.9. The third-order valence-corrected chi connectivity index (χ3v) is 13.7. The van der Waals surface area contributed by atoms with Crippen molar-refractivity contribution in [1.82, 2.24) is 0 Å². The summed E-state index contributed by atoms with van der Waals surface area (Å²) in [7, 11) is 0. The van der Waals surface area contributed by atoms with E-state index in [4.69, 9.17) is 14.2 Å². The minimum Gasteiger partial charge on any atom is -0.462 e. The van der Waals surface area contributed by atoms with E-state index in [0.717, 1.165) is 128 Å². The number of carbonyl (C=O) groups is 3. The van der Waals surface area contributed by atoms with Crippen molar-refractivity contribution in [3.05, 3.63) is 109 Å². The van der Waals surface area contributed by atoms with Crippen LogP contribution in [-0.2, 0) is 28.6 Å². The van der Waals surface area contributed by atoms with Crippen molar-refractivity contribution in [1.29, 1.82) is 0 Å². The fourth-order valence-corrected chi connectivity index (χ4v) is 8.88. The van der Waals surface area contributed by atoms with E-state index in [-0.39, 0.29) is 31.1 Å². The molecule has 1 unspecified atom stereocenters. The minimum atomic E-state index is -0.792. The lowest BCUT2D eigenvalue weighted by atomic mass is 10.1. The Bertz CT molecular complexity index is 1560. The molecule has 0 saturated carbocycles. The van der Waals surface area contributed by atoms with E-state index in [9.17, 15) is 14.4 Å². The van der Waals surface area contributed by atoms with Gasteiger partial charge in [0.15, 0.2) is 6.10 Å². The molecule has 6 heteroatoms. The lowest BCUT2D eigenvalue weighted by Gasteiger charge is -2.18. The Hall–Kier alpha value is -3.93. The van der Waals surface area contributed by atoms with Crippen LogP contribution in [0.15, 0.2) is 109 Å².